The summed E-state index contributed by atoms with van der Waals surface area (Å²) in [6.07, 6.45) is 5.74. The minimum absolute atomic E-state index is 0.0483. The molecule has 0 aliphatic heterocycles. The first kappa shape index (κ1) is 26.1. The summed E-state index contributed by atoms with van der Waals surface area (Å²) in [6.45, 7) is 0.500. The third-order valence-corrected chi connectivity index (χ3v) is 7.46. The van der Waals surface area contributed by atoms with E-state index in [4.69, 9.17) is 15.1 Å². The third-order valence-electron chi connectivity index (χ3n) is 7.46. The molecular formula is C28H28F3N8O+. The van der Waals surface area contributed by atoms with Gasteiger partial charge in [-0.1, -0.05) is 24.3 Å². The van der Waals surface area contributed by atoms with Gasteiger partial charge in [-0.3, -0.25) is 5.32 Å². The molecule has 0 saturated heterocycles. The Morgan fingerprint density at radius 2 is 1.85 bits per heavy atom. The van der Waals surface area contributed by atoms with Crippen LogP contribution in [-0.4, -0.2) is 42.8 Å². The number of aromatic nitrogens is 6. The van der Waals surface area contributed by atoms with E-state index < -0.39 is 11.9 Å². The average molecular weight is 550 g/mol. The van der Waals surface area contributed by atoms with Gasteiger partial charge in [0, 0.05) is 41.7 Å². The molecule has 0 amide bonds. The van der Waals surface area contributed by atoms with Crippen molar-refractivity contribution in [2.75, 3.05) is 7.11 Å². The summed E-state index contributed by atoms with van der Waals surface area (Å²) in [5.41, 5.74) is 2.81. The van der Waals surface area contributed by atoms with Crippen LogP contribution in [0.3, 0.4) is 0 Å². The van der Waals surface area contributed by atoms with Gasteiger partial charge in [0.15, 0.2) is 11.5 Å². The molecule has 12 heteroatoms. The van der Waals surface area contributed by atoms with E-state index in [0.717, 1.165) is 49.6 Å². The Morgan fingerprint density at radius 3 is 2.48 bits per heavy atom. The number of benzene rings is 1. The zero-order chi connectivity index (χ0) is 27.9. The van der Waals surface area contributed by atoms with Gasteiger partial charge in [-0.15, -0.1) is 0 Å². The van der Waals surface area contributed by atoms with Crippen LogP contribution in [0, 0.1) is 5.41 Å². The van der Waals surface area contributed by atoms with E-state index in [1.54, 1.807) is 30.0 Å². The summed E-state index contributed by atoms with van der Waals surface area (Å²) in [5, 5.41) is 9.73. The van der Waals surface area contributed by atoms with Crippen LogP contribution >= 0.6 is 0 Å². The van der Waals surface area contributed by atoms with Crippen LogP contribution in [0.1, 0.15) is 66.6 Å². The molecule has 1 aromatic carbocycles. The maximum absolute atomic E-state index is 13.4. The molecule has 0 spiro atoms. The highest BCUT2D eigenvalue weighted by Crippen LogP contribution is 2.45. The van der Waals surface area contributed by atoms with Crippen molar-refractivity contribution in [1.29, 1.82) is 5.41 Å². The lowest BCUT2D eigenvalue weighted by molar-refractivity contribution is -0.592. The first-order chi connectivity index (χ1) is 19.4. The van der Waals surface area contributed by atoms with Crippen molar-refractivity contribution < 1.29 is 23.2 Å². The van der Waals surface area contributed by atoms with E-state index >= 15 is 0 Å². The molecule has 0 radical (unpaired) electrons. The van der Waals surface area contributed by atoms with Crippen LogP contribution in [0.25, 0.3) is 22.8 Å². The number of ether oxygens (including phenoxy) is 1. The Kier molecular flexibility index (Phi) is 6.78. The van der Waals surface area contributed by atoms with Crippen molar-refractivity contribution in [2.24, 2.45) is 0 Å². The minimum Gasteiger partial charge on any atom is -0.480 e. The van der Waals surface area contributed by atoms with Gasteiger partial charge in [-0.2, -0.15) is 18.2 Å². The van der Waals surface area contributed by atoms with Gasteiger partial charge in [-0.05, 0) is 32.1 Å². The van der Waals surface area contributed by atoms with Crippen LogP contribution < -0.4 is 10.1 Å². The molecular weight excluding hydrogens is 521 g/mol. The smallest absolute Gasteiger partial charge is 0.434 e. The van der Waals surface area contributed by atoms with Crippen molar-refractivity contribution >= 4 is 12.0 Å². The van der Waals surface area contributed by atoms with E-state index in [0.29, 0.717) is 52.5 Å². The quantitative estimate of drug-likeness (QED) is 0.289. The Morgan fingerprint density at radius 1 is 1.07 bits per heavy atom. The van der Waals surface area contributed by atoms with Gasteiger partial charge in [-0.25, -0.2) is 19.9 Å². The van der Waals surface area contributed by atoms with Crippen molar-refractivity contribution in [1.82, 2.24) is 29.5 Å². The van der Waals surface area contributed by atoms with Gasteiger partial charge in [0.2, 0.25) is 11.7 Å². The van der Waals surface area contributed by atoms with Gasteiger partial charge in [0.05, 0.1) is 18.4 Å². The largest absolute Gasteiger partial charge is 0.480 e. The molecule has 3 N–H and O–H groups in total. The lowest BCUT2D eigenvalue weighted by Gasteiger charge is -2.28. The molecule has 40 heavy (non-hydrogen) atoms. The number of nitrogens with two attached hydrogens (primary N) is 1. The summed E-state index contributed by atoms with van der Waals surface area (Å²) in [4.78, 5) is 21.9. The number of alkyl halides is 3. The molecule has 2 aliphatic carbocycles. The predicted molar refractivity (Wildman–Crippen MR) is 140 cm³/mol. The number of imidazole rings is 1. The molecule has 2 fully saturated rings. The molecule has 0 unspecified atom stereocenters. The van der Waals surface area contributed by atoms with Gasteiger partial charge >= 0.3 is 6.18 Å². The maximum atomic E-state index is 13.4. The molecule has 206 valence electrons. The number of methoxy groups -OCH3 is 1. The number of nitrogens with zero attached hydrogens (tertiary/aromatic N) is 6. The second kappa shape index (κ2) is 10.4. The number of halogens is 3. The molecule has 2 aliphatic rings. The number of quaternary nitrogens is 1. The van der Waals surface area contributed by atoms with Crippen molar-refractivity contribution in [2.45, 2.75) is 56.8 Å². The van der Waals surface area contributed by atoms with Crippen LogP contribution in [0.4, 0.5) is 19.0 Å². The van der Waals surface area contributed by atoms with Gasteiger partial charge in [0.1, 0.15) is 24.3 Å². The number of hydrogen-bond acceptors (Lipinski definition) is 7. The minimum atomic E-state index is -4.49. The van der Waals surface area contributed by atoms with E-state index in [2.05, 4.69) is 19.9 Å². The van der Waals surface area contributed by atoms with Crippen LogP contribution in [-0.2, 0) is 12.7 Å². The Bertz CT molecular complexity index is 1540. The standard InChI is InChI=1S/C28H27F3N8O/c1-40-27-22(23(17-9-10-17)35-15-36-27)25-34-13-19(11-32)24(38-25)33-12-16-5-7-18(8-6-16)26-37-21(28(29,30)31)14-39(26)20-3-2-4-20/h5-8,11,13-15,17,20,32H,2-4,9-10,12H2,1H3,(H,33,34,38)/p+1. The highest BCUT2D eigenvalue weighted by Gasteiger charge is 2.36. The Hall–Kier alpha value is -4.19. The molecule has 3 aromatic heterocycles. The molecule has 3 heterocycles. The first-order valence-electron chi connectivity index (χ1n) is 13.2. The van der Waals surface area contributed by atoms with Crippen molar-refractivity contribution in [3.8, 4) is 28.7 Å². The third kappa shape index (κ3) is 5.06. The fraction of sp³-hybridized carbons (Fsp3) is 0.357. The Balaban J connectivity index is 1.24. The predicted octanol–water partition coefficient (Wildman–Crippen LogP) is 4.82. The van der Waals surface area contributed by atoms with E-state index in [9.17, 15) is 13.2 Å². The van der Waals surface area contributed by atoms with Crippen molar-refractivity contribution in [3.05, 3.63) is 65.5 Å². The summed E-state index contributed by atoms with van der Waals surface area (Å²) in [7, 11) is 1.55. The molecule has 0 atom stereocenters. The summed E-state index contributed by atoms with van der Waals surface area (Å²) < 4.78 is 47.3. The summed E-state index contributed by atoms with van der Waals surface area (Å²) in [5.74, 6) is 2.11. The van der Waals surface area contributed by atoms with Gasteiger partial charge < -0.3 is 14.7 Å². The summed E-state index contributed by atoms with van der Waals surface area (Å²) >= 11 is 0. The van der Waals surface area contributed by atoms with Gasteiger partial charge in [0.25, 0.3) is 0 Å². The second-order valence-electron chi connectivity index (χ2n) is 10.1. The average Bonchev–Trinajstić information content (AvgIpc) is 3.69. The molecule has 4 aromatic rings. The van der Waals surface area contributed by atoms with Crippen LogP contribution in [0.15, 0.2) is 43.0 Å². The maximum Gasteiger partial charge on any atom is 0.434 e. The van der Waals surface area contributed by atoms with Crippen LogP contribution in [0.2, 0.25) is 0 Å². The molecule has 6 rings (SSSR count). The van der Waals surface area contributed by atoms with Crippen LogP contribution in [0.5, 0.6) is 5.88 Å². The lowest BCUT2D eigenvalue weighted by Crippen LogP contribution is -2.77. The fourth-order valence-corrected chi connectivity index (χ4v) is 4.90. The monoisotopic (exact) mass is 549 g/mol. The second-order valence-corrected chi connectivity index (χ2v) is 10.1. The molecule has 2 saturated carbocycles. The Labute approximate surface area is 228 Å². The fourth-order valence-electron chi connectivity index (χ4n) is 4.90. The molecule has 9 nitrogen and oxygen atoms in total. The zero-order valence-corrected chi connectivity index (χ0v) is 21.8. The number of hydrogen-bond donors (Lipinski definition) is 2. The van der Waals surface area contributed by atoms with E-state index in [-0.39, 0.29) is 6.04 Å². The SMILES string of the molecule is COc1ncnc(C2CC2)c1-c1ncc(C=N)c([NH2+]Cc2ccc(-c3nc(C(F)(F)F)cn3C3CCC3)cc2)n1. The number of nitrogens with one attached hydrogen (secondary N) is 1. The van der Waals surface area contributed by atoms with E-state index in [1.165, 1.54) is 12.5 Å². The topological polar surface area (TPSA) is 119 Å². The highest BCUT2D eigenvalue weighted by atomic mass is 19.4. The lowest BCUT2D eigenvalue weighted by atomic mass is 9.92. The van der Waals surface area contributed by atoms with E-state index in [1.807, 2.05) is 17.4 Å². The zero-order valence-electron chi connectivity index (χ0n) is 21.8. The summed E-state index contributed by atoms with van der Waals surface area (Å²) in [6, 6.07) is 7.41. The highest BCUT2D eigenvalue weighted by molar-refractivity contribution is 5.82. The number of rotatable bonds is 9. The first-order valence-corrected chi connectivity index (χ1v) is 13.2. The molecule has 0 bridgehead atoms. The normalized spacial score (nSPS) is 15.6. The van der Waals surface area contributed by atoms with Crippen molar-refractivity contribution in [3.63, 3.8) is 0 Å².